The molecular weight excluding hydrogens is 460 g/mol. The zero-order valence-corrected chi connectivity index (χ0v) is 20.2. The van der Waals surface area contributed by atoms with Crippen LogP contribution in [-0.4, -0.2) is 28.3 Å². The van der Waals surface area contributed by atoms with Crippen molar-refractivity contribution >= 4 is 28.8 Å². The molecular formula is C28H26N2O6. The smallest absolute Gasteiger partial charge is 0.300 e. The number of hydrogen-bond acceptors (Lipinski definition) is 6. The Bertz CT molecular complexity index is 1340. The van der Waals surface area contributed by atoms with Gasteiger partial charge in [0, 0.05) is 23.4 Å². The molecule has 1 saturated heterocycles. The van der Waals surface area contributed by atoms with E-state index in [2.05, 4.69) is 13.8 Å². The first-order chi connectivity index (χ1) is 17.2. The number of Topliss-reactive ketones (excluding diaryl/α,β-unsaturated/α-hetero) is 1. The maximum atomic E-state index is 13.3. The molecule has 1 atom stereocenters. The quantitative estimate of drug-likeness (QED) is 0.150. The maximum absolute atomic E-state index is 13.3. The monoisotopic (exact) mass is 486 g/mol. The number of nitrogens with zero attached hydrogens (tertiary/aromatic N) is 2. The molecule has 1 aliphatic heterocycles. The number of hydrogen-bond donors (Lipinski definition) is 1. The molecule has 1 amide bonds. The number of amides is 1. The van der Waals surface area contributed by atoms with Gasteiger partial charge in [0.15, 0.2) is 0 Å². The van der Waals surface area contributed by atoms with Gasteiger partial charge in [-0.05, 0) is 48.2 Å². The molecule has 1 heterocycles. The van der Waals surface area contributed by atoms with Crippen LogP contribution < -0.4 is 9.64 Å². The van der Waals surface area contributed by atoms with E-state index in [1.807, 2.05) is 19.1 Å². The van der Waals surface area contributed by atoms with Crippen LogP contribution in [0.25, 0.3) is 5.76 Å². The van der Waals surface area contributed by atoms with E-state index >= 15 is 0 Å². The van der Waals surface area contributed by atoms with Crippen LogP contribution in [0.1, 0.15) is 49.4 Å². The average molecular weight is 487 g/mol. The highest BCUT2D eigenvalue weighted by atomic mass is 16.6. The van der Waals surface area contributed by atoms with Gasteiger partial charge in [0.1, 0.15) is 11.5 Å². The normalized spacial score (nSPS) is 17.0. The summed E-state index contributed by atoms with van der Waals surface area (Å²) in [7, 11) is 0. The van der Waals surface area contributed by atoms with Crippen LogP contribution in [-0.2, 0) is 9.59 Å². The summed E-state index contributed by atoms with van der Waals surface area (Å²) in [5.74, 6) is -1.23. The average Bonchev–Trinajstić information content (AvgIpc) is 3.14. The van der Waals surface area contributed by atoms with Crippen LogP contribution in [0.15, 0.2) is 78.4 Å². The van der Waals surface area contributed by atoms with E-state index in [4.69, 9.17) is 4.74 Å². The number of ketones is 1. The number of rotatable bonds is 7. The van der Waals surface area contributed by atoms with Crippen LogP contribution in [0.4, 0.5) is 11.4 Å². The lowest BCUT2D eigenvalue weighted by molar-refractivity contribution is -0.384. The number of ether oxygens (including phenoxy) is 1. The van der Waals surface area contributed by atoms with Gasteiger partial charge >= 0.3 is 0 Å². The Balaban J connectivity index is 1.90. The maximum Gasteiger partial charge on any atom is 0.300 e. The van der Waals surface area contributed by atoms with Crippen LogP contribution in [0.2, 0.25) is 0 Å². The van der Waals surface area contributed by atoms with Gasteiger partial charge in [-0.25, -0.2) is 0 Å². The van der Waals surface area contributed by atoms with Crippen molar-refractivity contribution < 1.29 is 24.4 Å². The van der Waals surface area contributed by atoms with Crippen molar-refractivity contribution in [3.8, 4) is 5.75 Å². The molecule has 1 unspecified atom stereocenters. The summed E-state index contributed by atoms with van der Waals surface area (Å²) in [6, 6.07) is 18.7. The summed E-state index contributed by atoms with van der Waals surface area (Å²) >= 11 is 0. The molecule has 1 N–H and O–H groups in total. The van der Waals surface area contributed by atoms with Gasteiger partial charge in [-0.3, -0.25) is 24.6 Å². The summed E-state index contributed by atoms with van der Waals surface area (Å²) < 4.78 is 5.52. The lowest BCUT2D eigenvalue weighted by atomic mass is 9.94. The van der Waals surface area contributed by atoms with Gasteiger partial charge < -0.3 is 9.84 Å². The molecule has 1 fully saturated rings. The van der Waals surface area contributed by atoms with E-state index in [9.17, 15) is 24.8 Å². The van der Waals surface area contributed by atoms with Crippen molar-refractivity contribution in [2.24, 2.45) is 0 Å². The predicted molar refractivity (Wildman–Crippen MR) is 136 cm³/mol. The molecule has 3 aromatic rings. The Morgan fingerprint density at radius 3 is 2.31 bits per heavy atom. The molecule has 0 bridgehead atoms. The Labute approximate surface area is 208 Å². The number of nitro benzene ring substituents is 1. The minimum atomic E-state index is -0.940. The molecule has 0 aliphatic carbocycles. The van der Waals surface area contributed by atoms with Gasteiger partial charge in [0.25, 0.3) is 17.4 Å². The fraction of sp³-hybridized carbons (Fsp3) is 0.214. The first kappa shape index (κ1) is 24.7. The van der Waals surface area contributed by atoms with E-state index in [-0.39, 0.29) is 22.7 Å². The van der Waals surface area contributed by atoms with Crippen molar-refractivity contribution in [2.45, 2.75) is 32.7 Å². The van der Waals surface area contributed by atoms with Gasteiger partial charge in [-0.15, -0.1) is 0 Å². The van der Waals surface area contributed by atoms with Crippen molar-refractivity contribution in [1.29, 1.82) is 0 Å². The van der Waals surface area contributed by atoms with Crippen LogP contribution in [0.5, 0.6) is 5.75 Å². The molecule has 0 radical (unpaired) electrons. The zero-order valence-electron chi connectivity index (χ0n) is 20.2. The van der Waals surface area contributed by atoms with Crippen molar-refractivity contribution in [2.75, 3.05) is 11.5 Å². The first-order valence-electron chi connectivity index (χ1n) is 11.6. The Morgan fingerprint density at radius 1 is 1.06 bits per heavy atom. The fourth-order valence-corrected chi connectivity index (χ4v) is 4.27. The van der Waals surface area contributed by atoms with Gasteiger partial charge in [-0.1, -0.05) is 50.2 Å². The largest absolute Gasteiger partial charge is 0.507 e. The first-order valence-corrected chi connectivity index (χ1v) is 11.6. The Kier molecular flexibility index (Phi) is 6.87. The van der Waals surface area contributed by atoms with Crippen molar-refractivity contribution in [1.82, 2.24) is 0 Å². The van der Waals surface area contributed by atoms with E-state index in [1.54, 1.807) is 36.4 Å². The molecule has 4 rings (SSSR count). The predicted octanol–water partition coefficient (Wildman–Crippen LogP) is 5.74. The molecule has 184 valence electrons. The summed E-state index contributed by atoms with van der Waals surface area (Å²) in [6.07, 6.45) is 0. The van der Waals surface area contributed by atoms with Gasteiger partial charge in [-0.2, -0.15) is 0 Å². The second kappa shape index (κ2) is 10.0. The number of anilines is 1. The highest BCUT2D eigenvalue weighted by molar-refractivity contribution is 6.51. The number of benzene rings is 3. The minimum Gasteiger partial charge on any atom is -0.507 e. The number of non-ortho nitro benzene ring substituents is 1. The third-order valence-electron chi connectivity index (χ3n) is 6.12. The van der Waals surface area contributed by atoms with E-state index in [1.165, 1.54) is 29.2 Å². The molecule has 8 heteroatoms. The number of carbonyl (C=O) groups excluding carboxylic acids is 2. The molecule has 3 aromatic carbocycles. The highest BCUT2D eigenvalue weighted by Crippen LogP contribution is 2.43. The second-order valence-electron chi connectivity index (χ2n) is 8.72. The van der Waals surface area contributed by atoms with Crippen molar-refractivity contribution in [3.05, 3.63) is 105 Å². The summed E-state index contributed by atoms with van der Waals surface area (Å²) in [4.78, 5) is 38.6. The van der Waals surface area contributed by atoms with Crippen molar-refractivity contribution in [3.63, 3.8) is 0 Å². The van der Waals surface area contributed by atoms with E-state index < -0.39 is 28.4 Å². The van der Waals surface area contributed by atoms with Gasteiger partial charge in [0.2, 0.25) is 0 Å². The third kappa shape index (κ3) is 4.57. The number of aliphatic hydroxyl groups excluding tert-OH is 1. The fourth-order valence-electron chi connectivity index (χ4n) is 4.27. The summed E-state index contributed by atoms with van der Waals surface area (Å²) in [5.41, 5.74) is 1.85. The SMILES string of the molecule is CCOc1ccc(C2/C(=C(/O)c3cccc([N+](=O)[O-])c3)C(=O)C(=O)N2c2ccc(C(C)C)cc2)cc1. The second-order valence-corrected chi connectivity index (χ2v) is 8.72. The zero-order chi connectivity index (χ0) is 26.0. The highest BCUT2D eigenvalue weighted by Gasteiger charge is 2.47. The van der Waals surface area contributed by atoms with Crippen LogP contribution in [0.3, 0.4) is 0 Å². The molecule has 0 spiro atoms. The minimum absolute atomic E-state index is 0.0771. The lowest BCUT2D eigenvalue weighted by Gasteiger charge is -2.26. The summed E-state index contributed by atoms with van der Waals surface area (Å²) in [5, 5.41) is 22.5. The summed E-state index contributed by atoms with van der Waals surface area (Å²) in [6.45, 7) is 6.45. The van der Waals surface area contributed by atoms with Crippen LogP contribution in [0, 0.1) is 10.1 Å². The number of nitro groups is 1. The number of aliphatic hydroxyl groups is 1. The van der Waals surface area contributed by atoms with Crippen LogP contribution >= 0.6 is 0 Å². The third-order valence-corrected chi connectivity index (χ3v) is 6.12. The van der Waals surface area contributed by atoms with Gasteiger partial charge in [0.05, 0.1) is 23.1 Å². The van der Waals surface area contributed by atoms with E-state index in [0.29, 0.717) is 23.6 Å². The number of carbonyl (C=O) groups is 2. The molecule has 36 heavy (non-hydrogen) atoms. The molecule has 1 aliphatic rings. The topological polar surface area (TPSA) is 110 Å². The molecule has 0 saturated carbocycles. The standard InChI is InChI=1S/C28H26N2O6/c1-4-36-23-14-10-19(11-15-23)25-24(26(31)20-6-5-7-22(16-20)30(34)35)27(32)28(33)29(25)21-12-8-18(9-13-21)17(2)3/h5-17,25,31H,4H2,1-3H3/b26-24-. The Morgan fingerprint density at radius 2 is 1.72 bits per heavy atom. The Hall–Kier alpha value is -4.46. The molecule has 8 nitrogen and oxygen atoms in total. The lowest BCUT2D eigenvalue weighted by Crippen LogP contribution is -2.29. The van der Waals surface area contributed by atoms with E-state index in [0.717, 1.165) is 5.56 Å². The molecule has 0 aromatic heterocycles.